The highest BCUT2D eigenvalue weighted by Gasteiger charge is 2.19. The van der Waals surface area contributed by atoms with E-state index in [0.717, 1.165) is 11.3 Å². The molecule has 0 fully saturated rings. The summed E-state index contributed by atoms with van der Waals surface area (Å²) in [6.07, 6.45) is 2.80. The summed E-state index contributed by atoms with van der Waals surface area (Å²) in [6, 6.07) is 5.82. The number of rotatable bonds is 4. The number of nitrogens with zero attached hydrogens (tertiary/aromatic N) is 3. The standard InChI is InChI=1S/C13H11FN4O2S2/c1-18-6-12(15-8-18)22(19,20)17-13-16-11(7-21-13)9-2-4-10(14)5-3-9/h2-8H,1H3,(H,16,17). The molecule has 0 unspecified atom stereocenters. The minimum absolute atomic E-state index is 0.0754. The summed E-state index contributed by atoms with van der Waals surface area (Å²) in [5, 5.41) is 1.85. The molecule has 1 aromatic carbocycles. The van der Waals surface area contributed by atoms with Gasteiger partial charge in [-0.15, -0.1) is 11.3 Å². The van der Waals surface area contributed by atoms with E-state index in [1.807, 2.05) is 0 Å². The Labute approximate surface area is 130 Å². The highest BCUT2D eigenvalue weighted by molar-refractivity contribution is 7.92. The van der Waals surface area contributed by atoms with E-state index in [2.05, 4.69) is 14.7 Å². The molecule has 3 aromatic rings. The van der Waals surface area contributed by atoms with Gasteiger partial charge in [0.25, 0.3) is 10.0 Å². The van der Waals surface area contributed by atoms with Crippen molar-refractivity contribution >= 4 is 26.5 Å². The summed E-state index contributed by atoms with van der Waals surface area (Å²) >= 11 is 1.15. The third-order valence-electron chi connectivity index (χ3n) is 2.82. The number of anilines is 1. The number of aryl methyl sites for hydroxylation is 1. The monoisotopic (exact) mass is 338 g/mol. The molecule has 6 nitrogen and oxygen atoms in total. The van der Waals surface area contributed by atoms with Crippen LogP contribution in [0.15, 0.2) is 47.2 Å². The summed E-state index contributed by atoms with van der Waals surface area (Å²) in [4.78, 5) is 8.00. The molecule has 2 aromatic heterocycles. The van der Waals surface area contributed by atoms with Gasteiger partial charge in [-0.05, 0) is 24.3 Å². The molecule has 0 aliphatic rings. The van der Waals surface area contributed by atoms with Crippen LogP contribution in [0.1, 0.15) is 0 Å². The van der Waals surface area contributed by atoms with Gasteiger partial charge in [0.15, 0.2) is 10.2 Å². The number of imidazole rings is 1. The number of sulfonamides is 1. The predicted molar refractivity (Wildman–Crippen MR) is 81.5 cm³/mol. The Kier molecular flexibility index (Phi) is 3.67. The zero-order valence-electron chi connectivity index (χ0n) is 11.4. The highest BCUT2D eigenvalue weighted by Crippen LogP contribution is 2.26. The van der Waals surface area contributed by atoms with E-state index in [4.69, 9.17) is 0 Å². The predicted octanol–water partition coefficient (Wildman–Crippen LogP) is 2.48. The SMILES string of the molecule is Cn1cnc(S(=O)(=O)Nc2nc(-c3ccc(F)cc3)cs2)c1. The molecular weight excluding hydrogens is 327 g/mol. The smallest absolute Gasteiger partial charge is 0.282 e. The molecule has 3 rings (SSSR count). The summed E-state index contributed by atoms with van der Waals surface area (Å²) in [6.45, 7) is 0. The second kappa shape index (κ2) is 5.50. The van der Waals surface area contributed by atoms with Crippen LogP contribution in [0.4, 0.5) is 9.52 Å². The number of halogens is 1. The van der Waals surface area contributed by atoms with E-state index in [1.54, 1.807) is 29.1 Å². The first-order valence-electron chi connectivity index (χ1n) is 6.16. The molecule has 0 amide bonds. The zero-order valence-corrected chi connectivity index (χ0v) is 13.0. The average molecular weight is 338 g/mol. The van der Waals surface area contributed by atoms with Crippen molar-refractivity contribution in [2.75, 3.05) is 4.72 Å². The van der Waals surface area contributed by atoms with Crippen LogP contribution < -0.4 is 4.72 Å². The maximum absolute atomic E-state index is 12.9. The summed E-state index contributed by atoms with van der Waals surface area (Å²) in [5.41, 5.74) is 1.28. The van der Waals surface area contributed by atoms with E-state index in [-0.39, 0.29) is 16.0 Å². The number of aromatic nitrogens is 3. The normalized spacial score (nSPS) is 11.5. The molecule has 114 valence electrons. The molecule has 0 aliphatic carbocycles. The van der Waals surface area contributed by atoms with E-state index in [0.29, 0.717) is 11.3 Å². The average Bonchev–Trinajstić information content (AvgIpc) is 3.09. The van der Waals surface area contributed by atoms with Gasteiger partial charge in [-0.2, -0.15) is 8.42 Å². The van der Waals surface area contributed by atoms with Crippen LogP contribution in [0.25, 0.3) is 11.3 Å². The molecule has 0 saturated carbocycles. The first kappa shape index (κ1) is 14.7. The van der Waals surface area contributed by atoms with E-state index in [1.165, 1.54) is 24.7 Å². The van der Waals surface area contributed by atoms with Crippen LogP contribution in [0.3, 0.4) is 0 Å². The largest absolute Gasteiger partial charge is 0.339 e. The third kappa shape index (κ3) is 3.00. The first-order valence-corrected chi connectivity index (χ1v) is 8.52. The topological polar surface area (TPSA) is 76.9 Å². The second-order valence-electron chi connectivity index (χ2n) is 4.53. The summed E-state index contributed by atoms with van der Waals surface area (Å²) in [5.74, 6) is -0.338. The van der Waals surface area contributed by atoms with Crippen molar-refractivity contribution in [1.82, 2.24) is 14.5 Å². The lowest BCUT2D eigenvalue weighted by Gasteiger charge is -2.01. The fourth-order valence-electron chi connectivity index (χ4n) is 1.77. The molecule has 9 heteroatoms. The molecule has 0 aliphatic heterocycles. The molecule has 0 saturated heterocycles. The van der Waals surface area contributed by atoms with Crippen LogP contribution in [0.5, 0.6) is 0 Å². The van der Waals surface area contributed by atoms with E-state index >= 15 is 0 Å². The van der Waals surface area contributed by atoms with Gasteiger partial charge in [-0.25, -0.2) is 14.4 Å². The van der Waals surface area contributed by atoms with Gasteiger partial charge in [0.2, 0.25) is 0 Å². The molecule has 22 heavy (non-hydrogen) atoms. The Hall–Kier alpha value is -2.26. The number of hydrogen-bond donors (Lipinski definition) is 1. The lowest BCUT2D eigenvalue weighted by atomic mass is 10.2. The Balaban J connectivity index is 1.84. The molecular formula is C13H11FN4O2S2. The molecule has 2 heterocycles. The van der Waals surface area contributed by atoms with Gasteiger partial charge in [0.05, 0.1) is 12.0 Å². The maximum Gasteiger partial charge on any atom is 0.282 e. The number of hydrogen-bond acceptors (Lipinski definition) is 5. The maximum atomic E-state index is 12.9. The minimum Gasteiger partial charge on any atom is -0.339 e. The van der Waals surface area contributed by atoms with Gasteiger partial charge >= 0.3 is 0 Å². The number of benzene rings is 1. The van der Waals surface area contributed by atoms with Crippen molar-refractivity contribution in [2.45, 2.75) is 5.03 Å². The lowest BCUT2D eigenvalue weighted by Crippen LogP contribution is -2.13. The van der Waals surface area contributed by atoms with Crippen LogP contribution in [0, 0.1) is 5.82 Å². The van der Waals surface area contributed by atoms with Crippen molar-refractivity contribution in [3.05, 3.63) is 48.0 Å². The number of thiazole rings is 1. The Morgan fingerprint density at radius 1 is 1.27 bits per heavy atom. The molecule has 0 atom stereocenters. The first-order chi connectivity index (χ1) is 10.4. The van der Waals surface area contributed by atoms with Crippen molar-refractivity contribution in [3.8, 4) is 11.3 Å². The van der Waals surface area contributed by atoms with Crippen molar-refractivity contribution < 1.29 is 12.8 Å². The third-order valence-corrected chi connectivity index (χ3v) is 4.93. The fraction of sp³-hybridized carbons (Fsp3) is 0.0769. The van der Waals surface area contributed by atoms with Crippen molar-refractivity contribution in [2.24, 2.45) is 7.05 Å². The second-order valence-corrected chi connectivity index (χ2v) is 7.02. The van der Waals surface area contributed by atoms with Crippen LogP contribution in [-0.4, -0.2) is 23.0 Å². The van der Waals surface area contributed by atoms with Gasteiger partial charge in [-0.1, -0.05) is 0 Å². The number of nitrogens with one attached hydrogen (secondary N) is 1. The zero-order chi connectivity index (χ0) is 15.7. The Morgan fingerprint density at radius 3 is 2.64 bits per heavy atom. The van der Waals surface area contributed by atoms with E-state index < -0.39 is 10.0 Å². The lowest BCUT2D eigenvalue weighted by molar-refractivity contribution is 0.598. The van der Waals surface area contributed by atoms with Crippen LogP contribution in [0.2, 0.25) is 0 Å². The Morgan fingerprint density at radius 2 is 2.00 bits per heavy atom. The van der Waals surface area contributed by atoms with Crippen molar-refractivity contribution in [1.29, 1.82) is 0 Å². The molecule has 0 radical (unpaired) electrons. The molecule has 0 bridgehead atoms. The van der Waals surface area contributed by atoms with Crippen LogP contribution >= 0.6 is 11.3 Å². The summed E-state index contributed by atoms with van der Waals surface area (Å²) in [7, 11) is -2.08. The quantitative estimate of drug-likeness (QED) is 0.793. The minimum atomic E-state index is -3.76. The fourth-order valence-corrected chi connectivity index (χ4v) is 3.72. The summed E-state index contributed by atoms with van der Waals surface area (Å²) < 4.78 is 41.1. The van der Waals surface area contributed by atoms with Crippen LogP contribution in [-0.2, 0) is 17.1 Å². The molecule has 0 spiro atoms. The van der Waals surface area contributed by atoms with Gasteiger partial charge < -0.3 is 4.57 Å². The highest BCUT2D eigenvalue weighted by atomic mass is 32.2. The van der Waals surface area contributed by atoms with Crippen molar-refractivity contribution in [3.63, 3.8) is 0 Å². The van der Waals surface area contributed by atoms with Gasteiger partial charge in [0.1, 0.15) is 5.82 Å². The van der Waals surface area contributed by atoms with E-state index in [9.17, 15) is 12.8 Å². The van der Waals surface area contributed by atoms with Gasteiger partial charge in [0, 0.05) is 24.2 Å². The van der Waals surface area contributed by atoms with Gasteiger partial charge in [-0.3, -0.25) is 4.72 Å². The molecule has 1 N–H and O–H groups in total. The Bertz CT molecular complexity index is 900.